The molecule has 1 saturated carbocycles. The number of hydrogen-bond donors (Lipinski definition) is 1. The summed E-state index contributed by atoms with van der Waals surface area (Å²) in [7, 11) is 0. The first-order valence-electron chi connectivity index (χ1n) is 6.81. The van der Waals surface area contributed by atoms with E-state index in [0.717, 1.165) is 21.9 Å². The third-order valence-electron chi connectivity index (χ3n) is 3.88. The summed E-state index contributed by atoms with van der Waals surface area (Å²) in [6.45, 7) is 2.11. The van der Waals surface area contributed by atoms with Gasteiger partial charge in [-0.05, 0) is 31.7 Å². The van der Waals surface area contributed by atoms with Crippen LogP contribution >= 0.6 is 22.9 Å². The van der Waals surface area contributed by atoms with Crippen LogP contribution in [0.25, 0.3) is 10.2 Å². The zero-order chi connectivity index (χ0) is 13.2. The number of halogens is 1. The molecular formula is C14H18ClN3S. The monoisotopic (exact) mass is 295 g/mol. The van der Waals surface area contributed by atoms with Gasteiger partial charge in [-0.3, -0.25) is 0 Å². The van der Waals surface area contributed by atoms with Crippen molar-refractivity contribution in [1.29, 1.82) is 0 Å². The van der Waals surface area contributed by atoms with Crippen LogP contribution in [0.1, 0.15) is 30.6 Å². The number of anilines is 1. The second-order valence-electron chi connectivity index (χ2n) is 5.25. The summed E-state index contributed by atoms with van der Waals surface area (Å²) < 4.78 is 0. The molecule has 2 heterocycles. The maximum atomic E-state index is 6.09. The normalized spacial score (nSPS) is 23.7. The molecule has 0 radical (unpaired) electrons. The minimum atomic E-state index is 0.449. The lowest BCUT2D eigenvalue weighted by Crippen LogP contribution is -2.33. The number of rotatable bonds is 3. The lowest BCUT2D eigenvalue weighted by Gasteiger charge is -2.31. The van der Waals surface area contributed by atoms with Crippen molar-refractivity contribution in [2.24, 2.45) is 5.92 Å². The molecule has 0 bridgehead atoms. The van der Waals surface area contributed by atoms with Crippen molar-refractivity contribution in [2.45, 2.75) is 38.6 Å². The predicted octanol–water partition coefficient (Wildman–Crippen LogP) is 4.21. The molecule has 2 unspecified atom stereocenters. The number of aryl methyl sites for hydroxylation is 1. The largest absolute Gasteiger partial charge is 0.366 e. The highest BCUT2D eigenvalue weighted by atomic mass is 35.5. The Morgan fingerprint density at radius 3 is 3.05 bits per heavy atom. The molecule has 0 aromatic carbocycles. The van der Waals surface area contributed by atoms with Gasteiger partial charge in [-0.1, -0.05) is 12.8 Å². The number of nitrogens with one attached hydrogen (secondary N) is 1. The molecule has 5 heteroatoms. The molecule has 2 aromatic rings. The van der Waals surface area contributed by atoms with E-state index in [9.17, 15) is 0 Å². The van der Waals surface area contributed by atoms with E-state index < -0.39 is 0 Å². The van der Waals surface area contributed by atoms with E-state index in [-0.39, 0.29) is 0 Å². The quantitative estimate of drug-likeness (QED) is 0.862. The van der Waals surface area contributed by atoms with Gasteiger partial charge in [-0.25, -0.2) is 9.97 Å². The van der Waals surface area contributed by atoms with Gasteiger partial charge in [0.2, 0.25) is 0 Å². The van der Waals surface area contributed by atoms with E-state index in [1.54, 1.807) is 17.7 Å². The SMILES string of the molecule is Cc1cc2c(NC3CCCCC3CCl)ncnc2s1. The smallest absolute Gasteiger partial charge is 0.138 e. The molecule has 0 amide bonds. The van der Waals surface area contributed by atoms with E-state index in [1.807, 2.05) is 0 Å². The number of nitrogens with zero attached hydrogens (tertiary/aromatic N) is 2. The average molecular weight is 296 g/mol. The van der Waals surface area contributed by atoms with E-state index in [1.165, 1.54) is 30.6 Å². The fraction of sp³-hybridized carbons (Fsp3) is 0.571. The summed E-state index contributed by atoms with van der Waals surface area (Å²) in [4.78, 5) is 11.1. The van der Waals surface area contributed by atoms with Crippen LogP contribution in [-0.2, 0) is 0 Å². The van der Waals surface area contributed by atoms with Crippen molar-refractivity contribution in [3.05, 3.63) is 17.3 Å². The lowest BCUT2D eigenvalue weighted by atomic mass is 9.86. The highest BCUT2D eigenvalue weighted by Crippen LogP contribution is 2.32. The molecule has 3 nitrogen and oxygen atoms in total. The fourth-order valence-electron chi connectivity index (χ4n) is 2.85. The minimum absolute atomic E-state index is 0.449. The molecule has 3 rings (SSSR count). The van der Waals surface area contributed by atoms with Crippen LogP contribution in [-0.4, -0.2) is 21.9 Å². The first-order valence-corrected chi connectivity index (χ1v) is 8.16. The standard InChI is InChI=1S/C14H18ClN3S/c1-9-6-11-13(16-8-17-14(11)19-9)18-12-5-3-2-4-10(12)7-15/h6,8,10,12H,2-5,7H2,1H3,(H,16,17,18). The number of aromatic nitrogens is 2. The Kier molecular flexibility index (Phi) is 3.89. The zero-order valence-electron chi connectivity index (χ0n) is 11.0. The first kappa shape index (κ1) is 13.1. The summed E-state index contributed by atoms with van der Waals surface area (Å²) in [5.41, 5.74) is 0. The van der Waals surface area contributed by atoms with Crippen molar-refractivity contribution in [1.82, 2.24) is 9.97 Å². The molecule has 19 heavy (non-hydrogen) atoms. The van der Waals surface area contributed by atoms with Crippen molar-refractivity contribution in [2.75, 3.05) is 11.2 Å². The molecule has 0 saturated heterocycles. The van der Waals surface area contributed by atoms with Crippen LogP contribution in [0.15, 0.2) is 12.4 Å². The Hall–Kier alpha value is -0.870. The van der Waals surface area contributed by atoms with Crippen molar-refractivity contribution in [3.63, 3.8) is 0 Å². The Morgan fingerprint density at radius 2 is 2.21 bits per heavy atom. The molecule has 1 fully saturated rings. The van der Waals surface area contributed by atoms with Gasteiger partial charge in [-0.15, -0.1) is 22.9 Å². The minimum Gasteiger partial charge on any atom is -0.366 e. The van der Waals surface area contributed by atoms with Gasteiger partial charge in [0, 0.05) is 16.8 Å². The molecule has 1 aliphatic carbocycles. The summed E-state index contributed by atoms with van der Waals surface area (Å²) in [5.74, 6) is 2.26. The molecule has 1 N–H and O–H groups in total. The summed E-state index contributed by atoms with van der Waals surface area (Å²) in [5, 5.41) is 4.75. The van der Waals surface area contributed by atoms with Gasteiger partial charge >= 0.3 is 0 Å². The predicted molar refractivity (Wildman–Crippen MR) is 82.2 cm³/mol. The number of alkyl halides is 1. The maximum Gasteiger partial charge on any atom is 0.138 e. The molecule has 2 aromatic heterocycles. The number of fused-ring (bicyclic) bond motifs is 1. The van der Waals surface area contributed by atoms with E-state index in [2.05, 4.69) is 28.3 Å². The Bertz CT molecular complexity index is 569. The highest BCUT2D eigenvalue weighted by molar-refractivity contribution is 7.18. The van der Waals surface area contributed by atoms with Crippen molar-refractivity contribution in [3.8, 4) is 0 Å². The van der Waals surface area contributed by atoms with Gasteiger partial charge in [0.25, 0.3) is 0 Å². The Morgan fingerprint density at radius 1 is 1.37 bits per heavy atom. The van der Waals surface area contributed by atoms with Crippen LogP contribution in [0.4, 0.5) is 5.82 Å². The van der Waals surface area contributed by atoms with Gasteiger partial charge in [0.1, 0.15) is 17.0 Å². The van der Waals surface area contributed by atoms with Gasteiger partial charge < -0.3 is 5.32 Å². The zero-order valence-corrected chi connectivity index (χ0v) is 12.6. The third kappa shape index (κ3) is 2.70. The fourth-order valence-corrected chi connectivity index (χ4v) is 4.07. The Balaban J connectivity index is 1.87. The summed E-state index contributed by atoms with van der Waals surface area (Å²) >= 11 is 7.81. The third-order valence-corrected chi connectivity index (χ3v) is 5.24. The topological polar surface area (TPSA) is 37.8 Å². The second-order valence-corrected chi connectivity index (χ2v) is 6.79. The van der Waals surface area contributed by atoms with Crippen molar-refractivity contribution >= 4 is 39.0 Å². The van der Waals surface area contributed by atoms with Crippen LogP contribution in [0.5, 0.6) is 0 Å². The molecular weight excluding hydrogens is 278 g/mol. The lowest BCUT2D eigenvalue weighted by molar-refractivity contribution is 0.353. The molecule has 0 aliphatic heterocycles. The molecule has 102 valence electrons. The molecule has 2 atom stereocenters. The van der Waals surface area contributed by atoms with Crippen LogP contribution < -0.4 is 5.32 Å². The molecule has 1 aliphatic rings. The molecule has 0 spiro atoms. The van der Waals surface area contributed by atoms with Crippen molar-refractivity contribution < 1.29 is 0 Å². The van der Waals surface area contributed by atoms with Crippen LogP contribution in [0.2, 0.25) is 0 Å². The van der Waals surface area contributed by atoms with Gasteiger partial charge in [0.05, 0.1) is 5.39 Å². The van der Waals surface area contributed by atoms with E-state index >= 15 is 0 Å². The van der Waals surface area contributed by atoms with Crippen LogP contribution in [0, 0.1) is 12.8 Å². The van der Waals surface area contributed by atoms with Gasteiger partial charge in [-0.2, -0.15) is 0 Å². The van der Waals surface area contributed by atoms with E-state index in [4.69, 9.17) is 11.6 Å². The first-order chi connectivity index (χ1) is 9.28. The second kappa shape index (κ2) is 5.63. The maximum absolute atomic E-state index is 6.09. The average Bonchev–Trinajstić information content (AvgIpc) is 2.81. The van der Waals surface area contributed by atoms with Gasteiger partial charge in [0.15, 0.2) is 0 Å². The highest BCUT2D eigenvalue weighted by Gasteiger charge is 2.25. The summed E-state index contributed by atoms with van der Waals surface area (Å²) in [6.07, 6.45) is 6.64. The summed E-state index contributed by atoms with van der Waals surface area (Å²) in [6, 6.07) is 2.62. The van der Waals surface area contributed by atoms with Crippen LogP contribution in [0.3, 0.4) is 0 Å². The number of hydrogen-bond acceptors (Lipinski definition) is 4. The Labute approximate surface area is 122 Å². The van der Waals surface area contributed by atoms with E-state index in [0.29, 0.717) is 12.0 Å². The number of thiophene rings is 1.